The summed E-state index contributed by atoms with van der Waals surface area (Å²) in [6.07, 6.45) is 6.87. The lowest BCUT2D eigenvalue weighted by Crippen LogP contribution is -1.96. The first-order chi connectivity index (χ1) is 13.7. The van der Waals surface area contributed by atoms with Gasteiger partial charge in [-0.3, -0.25) is 0 Å². The zero-order valence-electron chi connectivity index (χ0n) is 16.4. The number of hydrogen-bond acceptors (Lipinski definition) is 4. The van der Waals surface area contributed by atoms with Crippen molar-refractivity contribution in [1.82, 2.24) is 14.6 Å². The standard InChI is InChI=1S/C23H25N3OS/c1-3-4-5-6-15-27-20-13-11-19(12-14-20)22-25-26-16-21(24-23(26)28-22)18-9-7-17(2)8-10-18/h7-14,16H,3-6,15H2,1-2H3. The van der Waals surface area contributed by atoms with Crippen molar-refractivity contribution < 1.29 is 4.74 Å². The van der Waals surface area contributed by atoms with Crippen molar-refractivity contribution in [3.05, 3.63) is 60.3 Å². The number of ether oxygens (including phenoxy) is 1. The number of aromatic nitrogens is 3. The third-order valence-corrected chi connectivity index (χ3v) is 5.73. The molecule has 0 unspecified atom stereocenters. The molecule has 0 saturated carbocycles. The number of benzene rings is 2. The van der Waals surface area contributed by atoms with E-state index in [1.165, 1.54) is 24.8 Å². The first-order valence-electron chi connectivity index (χ1n) is 9.89. The summed E-state index contributed by atoms with van der Waals surface area (Å²) >= 11 is 1.60. The number of hydrogen-bond donors (Lipinski definition) is 0. The Kier molecular flexibility index (Phi) is 5.72. The monoisotopic (exact) mass is 391 g/mol. The molecule has 28 heavy (non-hydrogen) atoms. The van der Waals surface area contributed by atoms with Gasteiger partial charge in [0.15, 0.2) is 0 Å². The van der Waals surface area contributed by atoms with Crippen LogP contribution in [-0.2, 0) is 0 Å². The SMILES string of the molecule is CCCCCCOc1ccc(-c2nn3cc(-c4ccc(C)cc4)nc3s2)cc1. The zero-order valence-corrected chi connectivity index (χ0v) is 17.2. The molecule has 4 rings (SSSR count). The van der Waals surface area contributed by atoms with Crippen LogP contribution >= 0.6 is 11.3 Å². The van der Waals surface area contributed by atoms with Gasteiger partial charge in [0.1, 0.15) is 10.8 Å². The largest absolute Gasteiger partial charge is 0.494 e. The summed E-state index contributed by atoms with van der Waals surface area (Å²) < 4.78 is 7.69. The number of nitrogens with zero attached hydrogens (tertiary/aromatic N) is 3. The van der Waals surface area contributed by atoms with Gasteiger partial charge in [-0.05, 0) is 37.6 Å². The number of aryl methyl sites for hydroxylation is 1. The van der Waals surface area contributed by atoms with Gasteiger partial charge in [0.25, 0.3) is 0 Å². The average molecular weight is 392 g/mol. The van der Waals surface area contributed by atoms with Gasteiger partial charge >= 0.3 is 0 Å². The van der Waals surface area contributed by atoms with Gasteiger partial charge in [-0.1, -0.05) is 67.4 Å². The molecule has 0 amide bonds. The Labute approximate surface area is 169 Å². The summed E-state index contributed by atoms with van der Waals surface area (Å²) in [5.74, 6) is 0.920. The topological polar surface area (TPSA) is 39.4 Å². The molecule has 0 atom stereocenters. The van der Waals surface area contributed by atoms with Crippen molar-refractivity contribution in [1.29, 1.82) is 0 Å². The molecule has 2 aromatic heterocycles. The maximum Gasteiger partial charge on any atom is 0.213 e. The third-order valence-electron chi connectivity index (χ3n) is 4.76. The van der Waals surface area contributed by atoms with Gasteiger partial charge in [0.05, 0.1) is 18.5 Å². The Morgan fingerprint density at radius 3 is 2.39 bits per heavy atom. The first kappa shape index (κ1) is 18.7. The van der Waals surface area contributed by atoms with Crippen LogP contribution in [0.2, 0.25) is 0 Å². The van der Waals surface area contributed by atoms with Crippen molar-refractivity contribution in [2.75, 3.05) is 6.61 Å². The van der Waals surface area contributed by atoms with Gasteiger partial charge in [-0.2, -0.15) is 5.10 Å². The van der Waals surface area contributed by atoms with E-state index >= 15 is 0 Å². The number of rotatable bonds is 8. The lowest BCUT2D eigenvalue weighted by Gasteiger charge is -2.06. The first-order valence-corrected chi connectivity index (χ1v) is 10.7. The molecule has 4 aromatic rings. The molecule has 4 nitrogen and oxygen atoms in total. The Bertz CT molecular complexity index is 1000. The van der Waals surface area contributed by atoms with Crippen LogP contribution in [0.15, 0.2) is 54.7 Å². The molecule has 0 fully saturated rings. The second kappa shape index (κ2) is 8.57. The van der Waals surface area contributed by atoms with Gasteiger partial charge in [0.2, 0.25) is 4.96 Å². The molecule has 0 N–H and O–H groups in total. The molecule has 0 radical (unpaired) electrons. The molecular weight excluding hydrogens is 366 g/mol. The van der Waals surface area contributed by atoms with Gasteiger partial charge in [-0.25, -0.2) is 9.50 Å². The predicted octanol–water partition coefficient (Wildman–Crippen LogP) is 6.39. The number of unbranched alkanes of at least 4 members (excludes halogenated alkanes) is 3. The highest BCUT2D eigenvalue weighted by Gasteiger charge is 2.11. The second-order valence-corrected chi connectivity index (χ2v) is 8.02. The van der Waals surface area contributed by atoms with E-state index in [0.717, 1.165) is 45.6 Å². The van der Waals surface area contributed by atoms with E-state index in [0.29, 0.717) is 0 Å². The zero-order chi connectivity index (χ0) is 19.3. The van der Waals surface area contributed by atoms with E-state index in [1.54, 1.807) is 11.3 Å². The summed E-state index contributed by atoms with van der Waals surface area (Å²) in [6.45, 7) is 5.09. The molecule has 5 heteroatoms. The molecule has 0 saturated heterocycles. The molecule has 0 bridgehead atoms. The molecule has 0 aliphatic carbocycles. The molecule has 0 aliphatic rings. The summed E-state index contributed by atoms with van der Waals surface area (Å²) in [4.78, 5) is 5.64. The normalized spacial score (nSPS) is 11.2. The minimum atomic E-state index is 0.784. The minimum Gasteiger partial charge on any atom is -0.494 e. The quantitative estimate of drug-likeness (QED) is 0.327. The van der Waals surface area contributed by atoms with Gasteiger partial charge in [-0.15, -0.1) is 0 Å². The van der Waals surface area contributed by atoms with E-state index in [4.69, 9.17) is 14.8 Å². The summed E-state index contributed by atoms with van der Waals surface area (Å²) in [7, 11) is 0. The Morgan fingerprint density at radius 1 is 0.929 bits per heavy atom. The molecule has 144 valence electrons. The predicted molar refractivity (Wildman–Crippen MR) is 116 cm³/mol. The summed E-state index contributed by atoms with van der Waals surface area (Å²) in [5, 5.41) is 5.67. The highest BCUT2D eigenvalue weighted by molar-refractivity contribution is 7.19. The van der Waals surface area contributed by atoms with Crippen LogP contribution < -0.4 is 4.74 Å². The van der Waals surface area contributed by atoms with E-state index in [9.17, 15) is 0 Å². The fourth-order valence-electron chi connectivity index (χ4n) is 3.09. The molecule has 0 spiro atoms. The van der Waals surface area contributed by atoms with Crippen LogP contribution in [0.1, 0.15) is 38.2 Å². The van der Waals surface area contributed by atoms with E-state index in [-0.39, 0.29) is 0 Å². The molecular formula is C23H25N3OS. The van der Waals surface area contributed by atoms with Crippen molar-refractivity contribution in [3.63, 3.8) is 0 Å². The van der Waals surface area contributed by atoms with Crippen molar-refractivity contribution in [2.45, 2.75) is 39.5 Å². The van der Waals surface area contributed by atoms with Crippen LogP contribution in [-0.4, -0.2) is 21.2 Å². The maximum absolute atomic E-state index is 5.83. The average Bonchev–Trinajstić information content (AvgIpc) is 3.28. The van der Waals surface area contributed by atoms with Crippen LogP contribution in [0.4, 0.5) is 0 Å². The number of fused-ring (bicyclic) bond motifs is 1. The van der Waals surface area contributed by atoms with Crippen molar-refractivity contribution in [3.8, 4) is 27.6 Å². The van der Waals surface area contributed by atoms with Crippen molar-refractivity contribution >= 4 is 16.3 Å². The fourth-order valence-corrected chi connectivity index (χ4v) is 3.98. The highest BCUT2D eigenvalue weighted by atomic mass is 32.1. The smallest absolute Gasteiger partial charge is 0.213 e. The number of imidazole rings is 1. The lowest BCUT2D eigenvalue weighted by molar-refractivity contribution is 0.305. The van der Waals surface area contributed by atoms with Crippen LogP contribution in [0.3, 0.4) is 0 Å². The highest BCUT2D eigenvalue weighted by Crippen LogP contribution is 2.29. The molecule has 0 aliphatic heterocycles. The van der Waals surface area contributed by atoms with Crippen LogP contribution in [0.25, 0.3) is 26.8 Å². The minimum absolute atomic E-state index is 0.784. The van der Waals surface area contributed by atoms with E-state index in [2.05, 4.69) is 50.2 Å². The Balaban J connectivity index is 1.44. The maximum atomic E-state index is 5.83. The lowest BCUT2D eigenvalue weighted by atomic mass is 10.1. The van der Waals surface area contributed by atoms with Crippen molar-refractivity contribution in [2.24, 2.45) is 0 Å². The van der Waals surface area contributed by atoms with E-state index in [1.807, 2.05) is 22.8 Å². The fraction of sp³-hybridized carbons (Fsp3) is 0.304. The second-order valence-electron chi connectivity index (χ2n) is 7.06. The third kappa shape index (κ3) is 4.25. The van der Waals surface area contributed by atoms with Crippen LogP contribution in [0, 0.1) is 6.92 Å². The summed E-state index contributed by atoms with van der Waals surface area (Å²) in [5.41, 5.74) is 4.41. The summed E-state index contributed by atoms with van der Waals surface area (Å²) in [6, 6.07) is 16.6. The van der Waals surface area contributed by atoms with Crippen LogP contribution in [0.5, 0.6) is 5.75 Å². The molecule has 2 aromatic carbocycles. The molecule has 2 heterocycles. The van der Waals surface area contributed by atoms with E-state index < -0.39 is 0 Å². The Hall–Kier alpha value is -2.66. The Morgan fingerprint density at radius 2 is 1.68 bits per heavy atom. The van der Waals surface area contributed by atoms with Gasteiger partial charge < -0.3 is 4.74 Å². The van der Waals surface area contributed by atoms with Gasteiger partial charge in [0, 0.05) is 11.1 Å².